The summed E-state index contributed by atoms with van der Waals surface area (Å²) >= 11 is 3.16. The number of carbonyl (C=O) groups excluding carboxylic acids is 1. The van der Waals surface area contributed by atoms with Gasteiger partial charge in [-0.15, -0.1) is 0 Å². The molecule has 1 aromatic heterocycles. The van der Waals surface area contributed by atoms with Crippen molar-refractivity contribution in [1.82, 2.24) is 5.32 Å². The van der Waals surface area contributed by atoms with Crippen molar-refractivity contribution in [2.45, 2.75) is 25.4 Å². The molecule has 1 atom stereocenters. The monoisotopic (exact) mass is 287 g/mol. The van der Waals surface area contributed by atoms with Crippen LogP contribution in [0.5, 0.6) is 0 Å². The van der Waals surface area contributed by atoms with Crippen molar-refractivity contribution in [2.75, 3.05) is 13.2 Å². The number of amides is 1. The minimum Gasteiger partial charge on any atom is -0.444 e. The fraction of sp³-hybridized carbons (Fsp3) is 0.545. The summed E-state index contributed by atoms with van der Waals surface area (Å²) in [5.74, 6) is 0.155. The maximum atomic E-state index is 11.6. The van der Waals surface area contributed by atoms with E-state index < -0.39 is 0 Å². The molecule has 1 fully saturated rings. The Morgan fingerprint density at radius 3 is 3.06 bits per heavy atom. The number of nitrogens with one attached hydrogen (secondary N) is 1. The van der Waals surface area contributed by atoms with Gasteiger partial charge in [-0.1, -0.05) is 0 Å². The van der Waals surface area contributed by atoms with Gasteiger partial charge in [-0.2, -0.15) is 0 Å². The van der Waals surface area contributed by atoms with Crippen LogP contribution in [0.15, 0.2) is 21.2 Å². The number of carbonyl (C=O) groups is 1. The van der Waals surface area contributed by atoms with Crippen LogP contribution >= 0.6 is 15.9 Å². The molecule has 0 aliphatic carbocycles. The van der Waals surface area contributed by atoms with Crippen LogP contribution in [0.1, 0.15) is 29.8 Å². The third-order valence-corrected chi connectivity index (χ3v) is 3.00. The Morgan fingerprint density at radius 1 is 1.56 bits per heavy atom. The van der Waals surface area contributed by atoms with E-state index in [1.54, 1.807) is 12.1 Å². The molecular weight excluding hydrogens is 274 g/mol. The Hall–Kier alpha value is -0.810. The number of hydrogen-bond acceptors (Lipinski definition) is 3. The predicted molar refractivity (Wildman–Crippen MR) is 62.3 cm³/mol. The van der Waals surface area contributed by atoms with E-state index >= 15 is 0 Å². The second kappa shape index (κ2) is 5.50. The summed E-state index contributed by atoms with van der Waals surface area (Å²) in [5.41, 5.74) is 0. The molecule has 0 spiro atoms. The number of halogens is 1. The first-order valence-corrected chi connectivity index (χ1v) is 6.20. The van der Waals surface area contributed by atoms with Crippen molar-refractivity contribution in [3.8, 4) is 0 Å². The highest BCUT2D eigenvalue weighted by atomic mass is 79.9. The second-order valence-electron chi connectivity index (χ2n) is 3.78. The summed E-state index contributed by atoms with van der Waals surface area (Å²) in [6, 6.07) is 3.35. The fourth-order valence-corrected chi connectivity index (χ4v) is 2.05. The Balaban J connectivity index is 1.71. The molecule has 88 valence electrons. The first-order chi connectivity index (χ1) is 7.75. The van der Waals surface area contributed by atoms with E-state index in [4.69, 9.17) is 9.15 Å². The van der Waals surface area contributed by atoms with Crippen LogP contribution in [0.2, 0.25) is 0 Å². The Morgan fingerprint density at radius 2 is 2.44 bits per heavy atom. The molecule has 0 radical (unpaired) electrons. The molecule has 5 heteroatoms. The maximum Gasteiger partial charge on any atom is 0.287 e. The third kappa shape index (κ3) is 3.09. The van der Waals surface area contributed by atoms with E-state index in [9.17, 15) is 4.79 Å². The molecule has 1 aromatic rings. The second-order valence-corrected chi connectivity index (χ2v) is 4.56. The minimum absolute atomic E-state index is 0.177. The van der Waals surface area contributed by atoms with Gasteiger partial charge in [0.1, 0.15) is 0 Å². The molecule has 16 heavy (non-hydrogen) atoms. The Labute approximate surface area is 102 Å². The van der Waals surface area contributed by atoms with Crippen molar-refractivity contribution in [3.63, 3.8) is 0 Å². The van der Waals surface area contributed by atoms with Gasteiger partial charge in [-0.05, 0) is 47.3 Å². The molecule has 1 saturated heterocycles. The molecular formula is C11H14BrNO3. The van der Waals surface area contributed by atoms with Gasteiger partial charge in [-0.25, -0.2) is 0 Å². The van der Waals surface area contributed by atoms with E-state index in [0.717, 1.165) is 25.9 Å². The predicted octanol–water partition coefficient (Wildman–Crippen LogP) is 2.34. The van der Waals surface area contributed by atoms with Crippen LogP contribution in [-0.4, -0.2) is 25.2 Å². The van der Waals surface area contributed by atoms with Gasteiger partial charge in [0.15, 0.2) is 10.4 Å². The van der Waals surface area contributed by atoms with Crippen LogP contribution < -0.4 is 5.32 Å². The van der Waals surface area contributed by atoms with E-state index in [-0.39, 0.29) is 5.91 Å². The molecule has 0 bridgehead atoms. The molecule has 0 saturated carbocycles. The summed E-state index contributed by atoms with van der Waals surface area (Å²) in [6.07, 6.45) is 3.41. The van der Waals surface area contributed by atoms with Gasteiger partial charge in [-0.3, -0.25) is 4.79 Å². The van der Waals surface area contributed by atoms with Crippen LogP contribution in [0.3, 0.4) is 0 Å². The van der Waals surface area contributed by atoms with Crippen molar-refractivity contribution < 1.29 is 13.9 Å². The highest BCUT2D eigenvalue weighted by Crippen LogP contribution is 2.15. The summed E-state index contributed by atoms with van der Waals surface area (Å²) in [6.45, 7) is 1.48. The Kier molecular flexibility index (Phi) is 4.01. The van der Waals surface area contributed by atoms with E-state index in [0.29, 0.717) is 23.1 Å². The summed E-state index contributed by atoms with van der Waals surface area (Å²) in [5, 5.41) is 2.81. The zero-order valence-electron chi connectivity index (χ0n) is 8.87. The average molecular weight is 288 g/mol. The molecule has 1 amide bonds. The topological polar surface area (TPSA) is 51.5 Å². The summed E-state index contributed by atoms with van der Waals surface area (Å²) in [7, 11) is 0. The summed E-state index contributed by atoms with van der Waals surface area (Å²) < 4.78 is 11.2. The number of ether oxygens (including phenoxy) is 1. The molecule has 1 aliphatic rings. The Bertz CT molecular complexity index is 358. The lowest BCUT2D eigenvalue weighted by Gasteiger charge is -2.08. The first-order valence-electron chi connectivity index (χ1n) is 5.41. The van der Waals surface area contributed by atoms with Gasteiger partial charge in [0.25, 0.3) is 5.91 Å². The fourth-order valence-electron chi connectivity index (χ4n) is 1.74. The maximum absolute atomic E-state index is 11.6. The standard InChI is InChI=1S/C11H14BrNO3/c12-10-4-3-9(16-10)11(14)13-6-5-8-2-1-7-15-8/h3-4,8H,1-2,5-7H2,(H,13,14). The zero-order valence-corrected chi connectivity index (χ0v) is 10.5. The first kappa shape index (κ1) is 11.7. The van der Waals surface area contributed by atoms with Gasteiger partial charge in [0.2, 0.25) is 0 Å². The quantitative estimate of drug-likeness (QED) is 0.925. The smallest absolute Gasteiger partial charge is 0.287 e. The van der Waals surface area contributed by atoms with E-state index in [1.165, 1.54) is 0 Å². The van der Waals surface area contributed by atoms with E-state index in [2.05, 4.69) is 21.2 Å². The highest BCUT2D eigenvalue weighted by molar-refractivity contribution is 9.10. The largest absolute Gasteiger partial charge is 0.444 e. The van der Waals surface area contributed by atoms with Crippen LogP contribution in [0, 0.1) is 0 Å². The molecule has 2 rings (SSSR count). The number of hydrogen-bond donors (Lipinski definition) is 1. The van der Waals surface area contributed by atoms with Gasteiger partial charge >= 0.3 is 0 Å². The van der Waals surface area contributed by atoms with Crippen LogP contribution in [0.4, 0.5) is 0 Å². The lowest BCUT2D eigenvalue weighted by atomic mass is 10.2. The van der Waals surface area contributed by atoms with Gasteiger partial charge in [0, 0.05) is 13.2 Å². The van der Waals surface area contributed by atoms with Crippen molar-refractivity contribution in [2.24, 2.45) is 0 Å². The van der Waals surface area contributed by atoms with Gasteiger partial charge in [0.05, 0.1) is 6.10 Å². The molecule has 1 aliphatic heterocycles. The lowest BCUT2D eigenvalue weighted by molar-refractivity contribution is 0.0883. The normalized spacial score (nSPS) is 19.9. The SMILES string of the molecule is O=C(NCCC1CCCO1)c1ccc(Br)o1. The number of furan rings is 1. The van der Waals surface area contributed by atoms with Crippen LogP contribution in [-0.2, 0) is 4.74 Å². The highest BCUT2D eigenvalue weighted by Gasteiger charge is 2.16. The third-order valence-electron chi connectivity index (χ3n) is 2.57. The van der Waals surface area contributed by atoms with Crippen molar-refractivity contribution >= 4 is 21.8 Å². The molecule has 4 nitrogen and oxygen atoms in total. The van der Waals surface area contributed by atoms with E-state index in [1.807, 2.05) is 0 Å². The lowest BCUT2D eigenvalue weighted by Crippen LogP contribution is -2.26. The molecule has 1 N–H and O–H groups in total. The van der Waals surface area contributed by atoms with Crippen LogP contribution in [0.25, 0.3) is 0 Å². The van der Waals surface area contributed by atoms with Gasteiger partial charge < -0.3 is 14.5 Å². The van der Waals surface area contributed by atoms with Crippen molar-refractivity contribution in [3.05, 3.63) is 22.6 Å². The summed E-state index contributed by atoms with van der Waals surface area (Å²) in [4.78, 5) is 11.6. The molecule has 1 unspecified atom stereocenters. The minimum atomic E-state index is -0.177. The number of rotatable bonds is 4. The molecule has 0 aromatic carbocycles. The zero-order chi connectivity index (χ0) is 11.4. The average Bonchev–Trinajstić information content (AvgIpc) is 2.89. The van der Waals surface area contributed by atoms with Crippen molar-refractivity contribution in [1.29, 1.82) is 0 Å². The molecule has 2 heterocycles.